The van der Waals surface area contributed by atoms with Crippen LogP contribution in [0.5, 0.6) is 0 Å². The number of benzene rings is 1. The van der Waals surface area contributed by atoms with Crippen LogP contribution >= 0.6 is 0 Å². The van der Waals surface area contributed by atoms with Gasteiger partial charge in [-0.25, -0.2) is 4.68 Å². The Morgan fingerprint density at radius 2 is 1.50 bits per heavy atom. The van der Waals surface area contributed by atoms with Gasteiger partial charge < -0.3 is 5.73 Å². The van der Waals surface area contributed by atoms with Gasteiger partial charge in [-0.2, -0.15) is 0 Å². The molecule has 0 radical (unpaired) electrons. The lowest BCUT2D eigenvalue weighted by Crippen LogP contribution is -2.09. The number of hydrogen-bond donors (Lipinski definition) is 1. The summed E-state index contributed by atoms with van der Waals surface area (Å²) in [6.07, 6.45) is 15.6. The molecule has 2 aromatic rings. The zero-order chi connectivity index (χ0) is 18.8. The Hall–Kier alpha value is -1.42. The first-order valence-electron chi connectivity index (χ1n) is 10.8. The highest BCUT2D eigenvalue weighted by molar-refractivity contribution is 5.80. The van der Waals surface area contributed by atoms with E-state index < -0.39 is 0 Å². The predicted molar refractivity (Wildman–Crippen MR) is 111 cm³/mol. The molecule has 1 aromatic heterocycles. The summed E-state index contributed by atoms with van der Waals surface area (Å²) in [7, 11) is 0. The second kappa shape index (κ2) is 11.3. The van der Waals surface area contributed by atoms with Gasteiger partial charge in [0.25, 0.3) is 0 Å². The summed E-state index contributed by atoms with van der Waals surface area (Å²) < 4.78 is 1.83. The summed E-state index contributed by atoms with van der Waals surface area (Å²) in [4.78, 5) is 0. The van der Waals surface area contributed by atoms with Crippen molar-refractivity contribution < 1.29 is 0 Å². The van der Waals surface area contributed by atoms with Crippen LogP contribution in [0.1, 0.15) is 94.7 Å². The number of aromatic nitrogens is 3. The molecule has 4 heteroatoms. The van der Waals surface area contributed by atoms with Crippen LogP contribution in [0.2, 0.25) is 0 Å². The third-order valence-electron chi connectivity index (χ3n) is 5.53. The molecular weight excluding hydrogens is 320 g/mol. The number of rotatable bonds is 13. The third kappa shape index (κ3) is 5.54. The van der Waals surface area contributed by atoms with Crippen molar-refractivity contribution in [3.63, 3.8) is 0 Å². The second-order valence-electron chi connectivity index (χ2n) is 7.61. The van der Waals surface area contributed by atoms with Crippen molar-refractivity contribution in [1.82, 2.24) is 15.0 Å². The summed E-state index contributed by atoms with van der Waals surface area (Å²) in [6.45, 7) is 7.15. The molecule has 0 aliphatic carbocycles. The van der Waals surface area contributed by atoms with E-state index in [1.165, 1.54) is 87.3 Å². The first kappa shape index (κ1) is 20.9. The first-order chi connectivity index (χ1) is 12.7. The molecule has 0 spiro atoms. The lowest BCUT2D eigenvalue weighted by molar-refractivity contribution is 0.588. The van der Waals surface area contributed by atoms with E-state index in [0.29, 0.717) is 6.67 Å². The highest BCUT2D eigenvalue weighted by atomic mass is 15.4. The number of hydrogen-bond acceptors (Lipinski definition) is 3. The van der Waals surface area contributed by atoms with E-state index in [0.717, 1.165) is 17.5 Å². The molecule has 0 fully saturated rings. The number of fused-ring (bicyclic) bond motifs is 1. The molecule has 0 saturated carbocycles. The van der Waals surface area contributed by atoms with Gasteiger partial charge in [0.2, 0.25) is 0 Å². The molecule has 2 N–H and O–H groups in total. The van der Waals surface area contributed by atoms with Gasteiger partial charge in [-0.15, -0.1) is 5.10 Å². The monoisotopic (exact) mass is 358 g/mol. The third-order valence-corrected chi connectivity index (χ3v) is 5.53. The second-order valence-corrected chi connectivity index (χ2v) is 7.61. The number of aryl methyl sites for hydroxylation is 2. The van der Waals surface area contributed by atoms with E-state index >= 15 is 0 Å². The van der Waals surface area contributed by atoms with Crippen molar-refractivity contribution in [2.45, 2.75) is 104 Å². The molecule has 0 atom stereocenters. The minimum atomic E-state index is 0.391. The molecule has 0 saturated heterocycles. The Labute approximate surface area is 159 Å². The van der Waals surface area contributed by atoms with Crippen molar-refractivity contribution in [2.75, 3.05) is 0 Å². The lowest BCUT2D eigenvalue weighted by atomic mass is 9.92. The van der Waals surface area contributed by atoms with E-state index in [2.05, 4.69) is 37.1 Å². The Balaban J connectivity index is 2.09. The fraction of sp³-hybridized carbons (Fsp3) is 0.727. The number of nitrogens with two attached hydrogens (primary N) is 1. The van der Waals surface area contributed by atoms with Gasteiger partial charge in [-0.3, -0.25) is 0 Å². The van der Waals surface area contributed by atoms with Crippen molar-refractivity contribution in [2.24, 2.45) is 5.73 Å². The van der Waals surface area contributed by atoms with Crippen LogP contribution in [-0.4, -0.2) is 15.0 Å². The average Bonchev–Trinajstić information content (AvgIpc) is 3.06. The maximum absolute atomic E-state index is 5.84. The first-order valence-corrected chi connectivity index (χ1v) is 10.8. The zero-order valence-corrected chi connectivity index (χ0v) is 17.2. The molecule has 0 amide bonds. The fourth-order valence-corrected chi connectivity index (χ4v) is 3.90. The predicted octanol–water partition coefficient (Wildman–Crippen LogP) is 5.68. The Morgan fingerprint density at radius 3 is 2.19 bits per heavy atom. The van der Waals surface area contributed by atoms with Crippen molar-refractivity contribution in [3.05, 3.63) is 22.8 Å². The van der Waals surface area contributed by atoms with Gasteiger partial charge >= 0.3 is 0 Å². The highest BCUT2D eigenvalue weighted by Gasteiger charge is 2.14. The van der Waals surface area contributed by atoms with E-state index in [-0.39, 0.29) is 0 Å². The minimum Gasteiger partial charge on any atom is -0.312 e. The molecule has 0 unspecified atom stereocenters. The maximum atomic E-state index is 5.84. The normalized spacial score (nSPS) is 11.5. The van der Waals surface area contributed by atoms with Crippen LogP contribution in [0.3, 0.4) is 0 Å². The summed E-state index contributed by atoms with van der Waals surface area (Å²) >= 11 is 0. The lowest BCUT2D eigenvalue weighted by Gasteiger charge is -2.14. The van der Waals surface area contributed by atoms with Crippen LogP contribution in [0.15, 0.2) is 6.07 Å². The molecule has 0 aliphatic heterocycles. The van der Waals surface area contributed by atoms with Gasteiger partial charge in [0.1, 0.15) is 5.52 Å². The number of nitrogens with zero attached hydrogens (tertiary/aromatic N) is 3. The van der Waals surface area contributed by atoms with Gasteiger partial charge in [0.15, 0.2) is 0 Å². The Kier molecular flexibility index (Phi) is 9.10. The van der Waals surface area contributed by atoms with E-state index in [1.807, 2.05) is 4.68 Å². The Morgan fingerprint density at radius 1 is 0.885 bits per heavy atom. The number of unbranched alkanes of at least 4 members (excludes halogenated alkanes) is 8. The largest absolute Gasteiger partial charge is 0.312 e. The molecule has 1 aromatic carbocycles. The SMILES string of the molecule is CCCCCCCCCc1cc2c(nnn2CN)c(C)c1CCCCC. The van der Waals surface area contributed by atoms with Crippen LogP contribution in [0.25, 0.3) is 11.0 Å². The van der Waals surface area contributed by atoms with E-state index in [4.69, 9.17) is 5.73 Å². The molecule has 1 heterocycles. The van der Waals surface area contributed by atoms with Crippen LogP contribution in [0, 0.1) is 6.92 Å². The van der Waals surface area contributed by atoms with Crippen molar-refractivity contribution in [3.8, 4) is 0 Å². The summed E-state index contributed by atoms with van der Waals surface area (Å²) in [6, 6.07) is 2.31. The van der Waals surface area contributed by atoms with Gasteiger partial charge in [-0.05, 0) is 55.4 Å². The average molecular weight is 359 g/mol. The molecule has 4 nitrogen and oxygen atoms in total. The molecule has 26 heavy (non-hydrogen) atoms. The zero-order valence-electron chi connectivity index (χ0n) is 17.2. The minimum absolute atomic E-state index is 0.391. The molecule has 0 aliphatic rings. The van der Waals surface area contributed by atoms with Crippen molar-refractivity contribution >= 4 is 11.0 Å². The fourth-order valence-electron chi connectivity index (χ4n) is 3.90. The van der Waals surface area contributed by atoms with E-state index in [1.54, 1.807) is 0 Å². The summed E-state index contributed by atoms with van der Waals surface area (Å²) in [5.74, 6) is 0. The maximum Gasteiger partial charge on any atom is 0.116 e. The molecule has 2 rings (SSSR count). The van der Waals surface area contributed by atoms with Gasteiger partial charge in [0.05, 0.1) is 12.2 Å². The standard InChI is InChI=1S/C22H38N4/c1-4-6-8-9-10-11-13-14-19-16-21-22(24-25-26(21)17-23)18(3)20(19)15-12-7-5-2/h16H,4-15,17,23H2,1-3H3. The van der Waals surface area contributed by atoms with E-state index in [9.17, 15) is 0 Å². The van der Waals surface area contributed by atoms with Crippen LogP contribution < -0.4 is 5.73 Å². The van der Waals surface area contributed by atoms with Crippen molar-refractivity contribution in [1.29, 1.82) is 0 Å². The Bertz CT molecular complexity index is 660. The van der Waals surface area contributed by atoms with Gasteiger partial charge in [-0.1, -0.05) is 70.4 Å². The van der Waals surface area contributed by atoms with Gasteiger partial charge in [0, 0.05) is 0 Å². The smallest absolute Gasteiger partial charge is 0.116 e. The highest BCUT2D eigenvalue weighted by Crippen LogP contribution is 2.27. The summed E-state index contributed by atoms with van der Waals surface area (Å²) in [5, 5.41) is 8.62. The van der Waals surface area contributed by atoms with Crippen LogP contribution in [-0.2, 0) is 19.5 Å². The summed E-state index contributed by atoms with van der Waals surface area (Å²) in [5.41, 5.74) is 12.3. The quantitative estimate of drug-likeness (QED) is 0.468. The van der Waals surface area contributed by atoms with Crippen LogP contribution in [0.4, 0.5) is 0 Å². The topological polar surface area (TPSA) is 56.7 Å². The molecular formula is C22H38N4. The molecule has 146 valence electrons. The molecule has 0 bridgehead atoms.